The van der Waals surface area contributed by atoms with Crippen LogP contribution in [0.25, 0.3) is 0 Å². The Balaban J connectivity index is 1.81. The number of hydrogen-bond acceptors (Lipinski definition) is 2. The topological polar surface area (TPSA) is 27.1 Å². The molecule has 0 atom stereocenters. The zero-order valence-electron chi connectivity index (χ0n) is 12.4. The first-order valence-corrected chi connectivity index (χ1v) is 7.92. The van der Waals surface area contributed by atoms with Gasteiger partial charge in [-0.3, -0.25) is 0 Å². The molecule has 1 heterocycles. The van der Waals surface area contributed by atoms with E-state index in [4.69, 9.17) is 4.74 Å². The van der Waals surface area contributed by atoms with Gasteiger partial charge in [0.05, 0.1) is 13.7 Å². The molecule has 0 unspecified atom stereocenters. The predicted octanol–water partition coefficient (Wildman–Crippen LogP) is 4.29. The molecule has 3 aromatic rings. The summed E-state index contributed by atoms with van der Waals surface area (Å²) in [6.07, 6.45) is 4.68. The summed E-state index contributed by atoms with van der Waals surface area (Å²) in [4.78, 5) is 4.50. The number of rotatable bonds is 5. The molecule has 3 nitrogen and oxygen atoms in total. The van der Waals surface area contributed by atoms with E-state index in [0.717, 1.165) is 34.6 Å². The molecule has 0 N–H and O–H groups in total. The van der Waals surface area contributed by atoms with Crippen molar-refractivity contribution in [3.05, 3.63) is 82.3 Å². The second-order valence-corrected chi connectivity index (χ2v) is 6.00. The van der Waals surface area contributed by atoms with Gasteiger partial charge < -0.3 is 9.30 Å². The molecule has 0 aliphatic carbocycles. The fraction of sp³-hybridized carbons (Fsp3) is 0.167. The zero-order valence-corrected chi connectivity index (χ0v) is 14.0. The summed E-state index contributed by atoms with van der Waals surface area (Å²) in [5.74, 6) is 1.96. The molecule has 0 aliphatic heterocycles. The lowest BCUT2D eigenvalue weighted by Gasteiger charge is -2.11. The molecule has 0 bridgehead atoms. The Hall–Kier alpha value is -2.07. The van der Waals surface area contributed by atoms with Crippen molar-refractivity contribution in [1.29, 1.82) is 0 Å². The number of nitrogens with zero attached hydrogens (tertiary/aromatic N) is 2. The molecular weight excluding hydrogens is 340 g/mol. The van der Waals surface area contributed by atoms with Crippen LogP contribution in [0, 0.1) is 0 Å². The van der Waals surface area contributed by atoms with Crippen molar-refractivity contribution >= 4 is 15.9 Å². The van der Waals surface area contributed by atoms with Crippen LogP contribution in [0.5, 0.6) is 5.75 Å². The third-order valence-corrected chi connectivity index (χ3v) is 4.14. The molecule has 0 saturated carbocycles. The van der Waals surface area contributed by atoms with Crippen molar-refractivity contribution in [2.45, 2.75) is 13.0 Å². The molecule has 22 heavy (non-hydrogen) atoms. The highest BCUT2D eigenvalue weighted by Gasteiger charge is 2.08. The van der Waals surface area contributed by atoms with Crippen LogP contribution in [0.1, 0.15) is 17.0 Å². The van der Waals surface area contributed by atoms with Crippen molar-refractivity contribution in [2.75, 3.05) is 7.11 Å². The van der Waals surface area contributed by atoms with Gasteiger partial charge in [-0.05, 0) is 23.8 Å². The van der Waals surface area contributed by atoms with Crippen molar-refractivity contribution < 1.29 is 4.74 Å². The smallest absolute Gasteiger partial charge is 0.123 e. The van der Waals surface area contributed by atoms with E-state index in [-0.39, 0.29) is 0 Å². The summed E-state index contributed by atoms with van der Waals surface area (Å²) in [6, 6.07) is 16.4. The molecule has 1 aromatic heterocycles. The Bertz CT molecular complexity index is 750. The highest BCUT2D eigenvalue weighted by Crippen LogP contribution is 2.20. The standard InChI is InChI=1S/C18H17BrN2O/c1-22-17-5-3-2-4-15(17)13-21-11-10-20-18(21)12-14-6-8-16(19)9-7-14/h2-11H,12-13H2,1H3. The third-order valence-electron chi connectivity index (χ3n) is 3.61. The molecule has 4 heteroatoms. The zero-order chi connectivity index (χ0) is 15.4. The molecular formula is C18H17BrN2O. The van der Waals surface area contributed by atoms with Crippen LogP contribution in [0.2, 0.25) is 0 Å². The Morgan fingerprint density at radius 2 is 1.86 bits per heavy atom. The van der Waals surface area contributed by atoms with E-state index in [2.05, 4.69) is 55.8 Å². The molecule has 0 amide bonds. The minimum Gasteiger partial charge on any atom is -0.496 e. The number of methoxy groups -OCH3 is 1. The van der Waals surface area contributed by atoms with Crippen molar-refractivity contribution in [1.82, 2.24) is 9.55 Å². The van der Waals surface area contributed by atoms with Crippen LogP contribution in [0.3, 0.4) is 0 Å². The summed E-state index contributed by atoms with van der Waals surface area (Å²) in [5.41, 5.74) is 2.40. The van der Waals surface area contributed by atoms with Crippen LogP contribution in [0.15, 0.2) is 65.4 Å². The number of ether oxygens (including phenoxy) is 1. The number of aromatic nitrogens is 2. The Kier molecular flexibility index (Phi) is 4.59. The summed E-state index contributed by atoms with van der Waals surface area (Å²) in [5, 5.41) is 0. The van der Waals surface area contributed by atoms with Gasteiger partial charge in [0, 0.05) is 28.9 Å². The molecule has 3 rings (SSSR count). The Morgan fingerprint density at radius 1 is 1.09 bits per heavy atom. The number of imidazole rings is 1. The maximum atomic E-state index is 5.43. The third kappa shape index (κ3) is 3.39. The lowest BCUT2D eigenvalue weighted by Crippen LogP contribution is -2.06. The van der Waals surface area contributed by atoms with Gasteiger partial charge in [-0.2, -0.15) is 0 Å². The van der Waals surface area contributed by atoms with Crippen molar-refractivity contribution in [2.24, 2.45) is 0 Å². The number of benzene rings is 2. The predicted molar refractivity (Wildman–Crippen MR) is 91.3 cm³/mol. The molecule has 0 radical (unpaired) electrons. The van der Waals surface area contributed by atoms with Crippen LogP contribution >= 0.6 is 15.9 Å². The van der Waals surface area contributed by atoms with Gasteiger partial charge >= 0.3 is 0 Å². The minimum absolute atomic E-state index is 0.760. The monoisotopic (exact) mass is 356 g/mol. The SMILES string of the molecule is COc1ccccc1Cn1ccnc1Cc1ccc(Br)cc1. The average molecular weight is 357 g/mol. The molecule has 2 aromatic carbocycles. The van der Waals surface area contributed by atoms with Gasteiger partial charge in [-0.1, -0.05) is 46.3 Å². The largest absolute Gasteiger partial charge is 0.496 e. The van der Waals surface area contributed by atoms with E-state index in [1.807, 2.05) is 30.6 Å². The number of halogens is 1. The maximum absolute atomic E-state index is 5.43. The lowest BCUT2D eigenvalue weighted by atomic mass is 10.1. The first-order chi connectivity index (χ1) is 10.8. The number of hydrogen-bond donors (Lipinski definition) is 0. The summed E-state index contributed by atoms with van der Waals surface area (Å²) in [7, 11) is 1.70. The minimum atomic E-state index is 0.760. The second-order valence-electron chi connectivity index (χ2n) is 5.09. The molecule has 0 spiro atoms. The molecule has 0 fully saturated rings. The quantitative estimate of drug-likeness (QED) is 0.681. The summed E-state index contributed by atoms with van der Waals surface area (Å²) in [6.45, 7) is 0.760. The Labute approximate surface area is 138 Å². The molecule has 0 aliphatic rings. The van der Waals surface area contributed by atoms with Gasteiger partial charge in [0.25, 0.3) is 0 Å². The van der Waals surface area contributed by atoms with Crippen molar-refractivity contribution in [3.8, 4) is 5.75 Å². The number of para-hydroxylation sites is 1. The van der Waals surface area contributed by atoms with E-state index in [9.17, 15) is 0 Å². The van der Waals surface area contributed by atoms with Gasteiger partial charge in [0.2, 0.25) is 0 Å². The fourth-order valence-electron chi connectivity index (χ4n) is 2.45. The first-order valence-electron chi connectivity index (χ1n) is 7.12. The summed E-state index contributed by atoms with van der Waals surface area (Å²) >= 11 is 3.46. The van der Waals surface area contributed by atoms with Crippen molar-refractivity contribution in [3.63, 3.8) is 0 Å². The Morgan fingerprint density at radius 3 is 2.64 bits per heavy atom. The van der Waals surface area contributed by atoms with Crippen LogP contribution in [-0.2, 0) is 13.0 Å². The van der Waals surface area contributed by atoms with E-state index >= 15 is 0 Å². The van der Waals surface area contributed by atoms with E-state index in [0.29, 0.717) is 0 Å². The van der Waals surface area contributed by atoms with Crippen LogP contribution in [-0.4, -0.2) is 16.7 Å². The summed E-state index contributed by atoms with van der Waals surface area (Å²) < 4.78 is 8.68. The maximum Gasteiger partial charge on any atom is 0.123 e. The van der Waals surface area contributed by atoms with Crippen LogP contribution in [0.4, 0.5) is 0 Å². The fourth-order valence-corrected chi connectivity index (χ4v) is 2.72. The van der Waals surface area contributed by atoms with Gasteiger partial charge in [0.15, 0.2) is 0 Å². The first kappa shape index (κ1) is 14.9. The highest BCUT2D eigenvalue weighted by molar-refractivity contribution is 9.10. The highest BCUT2D eigenvalue weighted by atomic mass is 79.9. The normalized spacial score (nSPS) is 10.6. The average Bonchev–Trinajstić information content (AvgIpc) is 2.97. The van der Waals surface area contributed by atoms with E-state index < -0.39 is 0 Å². The van der Waals surface area contributed by atoms with E-state index in [1.54, 1.807) is 7.11 Å². The van der Waals surface area contributed by atoms with Gasteiger partial charge in [-0.25, -0.2) is 4.98 Å². The van der Waals surface area contributed by atoms with Crippen LogP contribution < -0.4 is 4.74 Å². The molecule has 112 valence electrons. The van der Waals surface area contributed by atoms with E-state index in [1.165, 1.54) is 5.56 Å². The van der Waals surface area contributed by atoms with Gasteiger partial charge in [0.1, 0.15) is 11.6 Å². The van der Waals surface area contributed by atoms with Gasteiger partial charge in [-0.15, -0.1) is 0 Å². The lowest BCUT2D eigenvalue weighted by molar-refractivity contribution is 0.408. The second kappa shape index (κ2) is 6.79. The molecule has 0 saturated heterocycles.